The van der Waals surface area contributed by atoms with Crippen LogP contribution in [-0.2, 0) is 0 Å². The maximum Gasteiger partial charge on any atom is 0.200 e. The molecule has 0 spiro atoms. The highest BCUT2D eigenvalue weighted by Gasteiger charge is 2.52. The second-order valence-corrected chi connectivity index (χ2v) is 11.9. The number of allylic oxidation sites excluding steroid dienone is 2. The molecule has 0 saturated carbocycles. The SMILES string of the molecule is C[N+](C)=C1CC(C)(C)C2=C1C[C@H]([B-](Cl)(c1c(F)c(F)c(F)c(F)c1F)c1c(F)c(F)c(F)c(F)c1F)C2.ClCCl. The Balaban J connectivity index is 0.00000141. The number of hydrogen-bond donors (Lipinski definition) is 0. The van der Waals surface area contributed by atoms with E-state index in [-0.39, 0.29) is 18.2 Å². The Hall–Kier alpha value is -1.92. The minimum atomic E-state index is -4.34. The van der Waals surface area contributed by atoms with Crippen LogP contribution in [0.4, 0.5) is 43.9 Å². The van der Waals surface area contributed by atoms with E-state index in [1.54, 1.807) is 32.5 Å². The van der Waals surface area contributed by atoms with Crippen molar-refractivity contribution in [3.63, 3.8) is 0 Å². The maximum absolute atomic E-state index is 15.1. The van der Waals surface area contributed by atoms with Gasteiger partial charge in [-0.15, -0.1) is 39.9 Å². The largest absolute Gasteiger partial charge is 0.377 e. The molecule has 15 heteroatoms. The van der Waals surface area contributed by atoms with Gasteiger partial charge in [0.25, 0.3) is 0 Å². The van der Waals surface area contributed by atoms with E-state index < -0.39 is 85.9 Å². The fraction of sp³-hybridized carbons (Fsp3) is 0.400. The summed E-state index contributed by atoms with van der Waals surface area (Å²) in [7, 11) is 3.39. The van der Waals surface area contributed by atoms with E-state index >= 15 is 17.6 Å². The van der Waals surface area contributed by atoms with Crippen molar-refractivity contribution in [2.75, 3.05) is 19.4 Å². The summed E-state index contributed by atoms with van der Waals surface area (Å²) in [4.78, 5) is 0. The number of rotatable bonds is 3. The summed E-state index contributed by atoms with van der Waals surface area (Å²) in [6, 6.07) is 0. The van der Waals surface area contributed by atoms with Crippen LogP contribution in [0.2, 0.25) is 5.82 Å². The van der Waals surface area contributed by atoms with Crippen LogP contribution in [0, 0.1) is 63.6 Å². The molecular formula is C25H21BCl3F10N. The minimum Gasteiger partial charge on any atom is -0.377 e. The third kappa shape index (κ3) is 4.91. The molecule has 0 fully saturated rings. The van der Waals surface area contributed by atoms with Crippen molar-refractivity contribution in [2.24, 2.45) is 5.41 Å². The Morgan fingerprint density at radius 3 is 1.32 bits per heavy atom. The predicted octanol–water partition coefficient (Wildman–Crippen LogP) is 7.40. The number of hydrogen-bond acceptors (Lipinski definition) is 0. The lowest BCUT2D eigenvalue weighted by atomic mass is 9.30. The molecule has 0 aromatic heterocycles. The molecular weight excluding hydrogens is 621 g/mol. The van der Waals surface area contributed by atoms with Gasteiger partial charge < -0.3 is 11.5 Å². The van der Waals surface area contributed by atoms with Crippen molar-refractivity contribution in [2.45, 2.75) is 38.9 Å². The molecule has 2 aromatic rings. The normalized spacial score (nSPS) is 18.2. The molecule has 1 atom stereocenters. The van der Waals surface area contributed by atoms with Gasteiger partial charge in [-0.05, 0) is 11.8 Å². The van der Waals surface area contributed by atoms with Crippen LogP contribution in [0.3, 0.4) is 0 Å². The first-order chi connectivity index (χ1) is 18.4. The van der Waals surface area contributed by atoms with Gasteiger partial charge in [0.2, 0.25) is 0 Å². The summed E-state index contributed by atoms with van der Waals surface area (Å²) >= 11 is 16.1. The van der Waals surface area contributed by atoms with Gasteiger partial charge in [0, 0.05) is 12.0 Å². The molecule has 0 aliphatic heterocycles. The molecule has 2 aliphatic rings. The summed E-state index contributed by atoms with van der Waals surface area (Å²) in [6.45, 7) is 3.61. The molecule has 40 heavy (non-hydrogen) atoms. The first-order valence-corrected chi connectivity index (χ1v) is 13.2. The zero-order valence-corrected chi connectivity index (χ0v) is 23.6. The van der Waals surface area contributed by atoms with E-state index in [2.05, 4.69) is 0 Å². The Morgan fingerprint density at radius 1 is 0.675 bits per heavy atom. The molecule has 0 unspecified atom stereocenters. The predicted molar refractivity (Wildman–Crippen MR) is 135 cm³/mol. The zero-order chi connectivity index (χ0) is 30.6. The Bertz CT molecular complexity index is 1330. The third-order valence-corrected chi connectivity index (χ3v) is 8.38. The number of nitrogens with zero attached hydrogens (tertiary/aromatic N) is 1. The second-order valence-electron chi connectivity index (χ2n) is 10.4. The number of halogens is 13. The van der Waals surface area contributed by atoms with Crippen molar-refractivity contribution in [1.29, 1.82) is 0 Å². The second kappa shape index (κ2) is 11.4. The standard InChI is InChI=1S/C24H19BClF10N.CH2Cl2/c1-24(2)7-11(37(3)4)9-5-8(6-10(9)24)25(26,12-14(27)18(31)22(35)19(32)15(12)28)13-16(29)20(33)23(36)21(34)17(13)30;2-1-3/h8H,5-7H2,1-4H3;1H2/t8-;/m0./s1. The maximum atomic E-state index is 15.1. The summed E-state index contributed by atoms with van der Waals surface area (Å²) < 4.78 is 147. The van der Waals surface area contributed by atoms with Crippen molar-refractivity contribution in [3.8, 4) is 0 Å². The molecule has 0 bridgehead atoms. The lowest BCUT2D eigenvalue weighted by Gasteiger charge is -2.43. The molecule has 4 rings (SSSR count). The van der Waals surface area contributed by atoms with Crippen molar-refractivity contribution in [3.05, 3.63) is 69.3 Å². The summed E-state index contributed by atoms with van der Waals surface area (Å²) in [6.07, 6.45) is -0.0122. The van der Waals surface area contributed by atoms with E-state index in [4.69, 9.17) is 34.7 Å². The number of alkyl halides is 2. The number of benzene rings is 2. The van der Waals surface area contributed by atoms with Crippen molar-refractivity contribution < 1.29 is 48.5 Å². The third-order valence-electron chi connectivity index (χ3n) is 7.59. The smallest absolute Gasteiger partial charge is 0.200 e. The quantitative estimate of drug-likeness (QED) is 0.0820. The van der Waals surface area contributed by atoms with Gasteiger partial charge in [0.1, 0.15) is 37.4 Å². The monoisotopic (exact) mass is 641 g/mol. The topological polar surface area (TPSA) is 3.01 Å². The molecule has 0 N–H and O–H groups in total. The molecule has 220 valence electrons. The Kier molecular flexibility index (Phi) is 9.29. The van der Waals surface area contributed by atoms with Gasteiger partial charge in [-0.25, -0.2) is 48.5 Å². The van der Waals surface area contributed by atoms with E-state index in [1.807, 2.05) is 0 Å². The van der Waals surface area contributed by atoms with Crippen LogP contribution in [0.5, 0.6) is 0 Å². The molecule has 0 heterocycles. The van der Waals surface area contributed by atoms with E-state index in [0.717, 1.165) is 5.71 Å². The van der Waals surface area contributed by atoms with Gasteiger partial charge in [0.15, 0.2) is 46.2 Å². The Morgan fingerprint density at radius 2 is 1.00 bits per heavy atom. The van der Waals surface area contributed by atoms with Crippen molar-refractivity contribution in [1.82, 2.24) is 0 Å². The fourth-order valence-electron chi connectivity index (χ4n) is 5.80. The highest BCUT2D eigenvalue weighted by atomic mass is 35.5. The Labute approximate surface area is 238 Å². The van der Waals surface area contributed by atoms with Gasteiger partial charge in [0.05, 0.1) is 5.34 Å². The first-order valence-electron chi connectivity index (χ1n) is 11.7. The highest BCUT2D eigenvalue weighted by molar-refractivity contribution is 7.35. The van der Waals surface area contributed by atoms with Crippen molar-refractivity contribution >= 4 is 56.9 Å². The molecule has 0 radical (unpaired) electrons. The summed E-state index contributed by atoms with van der Waals surface area (Å²) in [5, 5.41) is 0.194. The van der Waals surface area contributed by atoms with Crippen LogP contribution in [0.25, 0.3) is 0 Å². The van der Waals surface area contributed by atoms with Gasteiger partial charge in [-0.2, -0.15) is 0 Å². The minimum absolute atomic E-state index is 0.194. The lowest BCUT2D eigenvalue weighted by Crippen LogP contribution is -2.62. The van der Waals surface area contributed by atoms with E-state index in [1.165, 1.54) is 0 Å². The first kappa shape index (κ1) is 32.6. The summed E-state index contributed by atoms with van der Waals surface area (Å²) in [5.74, 6) is -26.6. The van der Waals surface area contributed by atoms with Crippen LogP contribution >= 0.6 is 34.7 Å². The molecule has 2 aliphatic carbocycles. The van der Waals surface area contributed by atoms with Gasteiger partial charge >= 0.3 is 0 Å². The zero-order valence-electron chi connectivity index (χ0n) is 21.3. The van der Waals surface area contributed by atoms with Crippen LogP contribution < -0.4 is 10.9 Å². The molecule has 0 amide bonds. The van der Waals surface area contributed by atoms with E-state index in [0.29, 0.717) is 17.6 Å². The highest BCUT2D eigenvalue weighted by Crippen LogP contribution is 2.55. The van der Waals surface area contributed by atoms with Crippen LogP contribution in [-0.4, -0.2) is 35.3 Å². The van der Waals surface area contributed by atoms with Crippen LogP contribution in [0.1, 0.15) is 33.1 Å². The van der Waals surface area contributed by atoms with Gasteiger partial charge in [-0.3, -0.25) is 0 Å². The average molecular weight is 643 g/mol. The van der Waals surface area contributed by atoms with Crippen LogP contribution in [0.15, 0.2) is 11.1 Å². The summed E-state index contributed by atoms with van der Waals surface area (Å²) in [5.41, 5.74) is -6.65. The van der Waals surface area contributed by atoms with Gasteiger partial charge in [-0.1, -0.05) is 25.8 Å². The molecule has 1 nitrogen and oxygen atoms in total. The fourth-order valence-corrected chi connectivity index (χ4v) is 6.36. The lowest BCUT2D eigenvalue weighted by molar-refractivity contribution is -0.465. The molecule has 2 aromatic carbocycles. The average Bonchev–Trinajstić information content (AvgIpc) is 3.44. The molecule has 0 saturated heterocycles. The van der Waals surface area contributed by atoms with E-state index in [9.17, 15) is 26.3 Å².